The van der Waals surface area contributed by atoms with E-state index < -0.39 is 8.60 Å². The minimum Gasteiger partial charge on any atom is -0.418 e. The predicted molar refractivity (Wildman–Crippen MR) is 91.5 cm³/mol. The Kier molecular flexibility index (Phi) is 5.82. The monoisotopic (exact) mass is 318 g/mol. The summed E-state index contributed by atoms with van der Waals surface area (Å²) in [5.41, 5.74) is 2.34. The highest BCUT2D eigenvalue weighted by Crippen LogP contribution is 2.37. The van der Waals surface area contributed by atoms with Crippen molar-refractivity contribution in [3.63, 3.8) is 0 Å². The molecule has 0 saturated heterocycles. The minimum absolute atomic E-state index is 0.414. The Morgan fingerprint density at radius 2 is 1.18 bits per heavy atom. The first-order valence-electron chi connectivity index (χ1n) is 7.50. The van der Waals surface area contributed by atoms with Gasteiger partial charge in [-0.3, -0.25) is 0 Å². The Labute approximate surface area is 133 Å². The molecule has 0 radical (unpaired) electrons. The molecule has 4 heteroatoms. The quantitative estimate of drug-likeness (QED) is 0.703. The number of hydrogen-bond donors (Lipinski definition) is 1. The molecule has 0 amide bonds. The van der Waals surface area contributed by atoms with Gasteiger partial charge in [0.1, 0.15) is 11.5 Å². The largest absolute Gasteiger partial charge is 0.460 e. The lowest BCUT2D eigenvalue weighted by Crippen LogP contribution is -1.96. The molecule has 0 heterocycles. The van der Waals surface area contributed by atoms with Crippen molar-refractivity contribution in [2.75, 3.05) is 0 Å². The van der Waals surface area contributed by atoms with Crippen LogP contribution in [0.25, 0.3) is 0 Å². The van der Waals surface area contributed by atoms with Crippen LogP contribution < -0.4 is 9.05 Å². The zero-order valence-electron chi connectivity index (χ0n) is 13.5. The zero-order chi connectivity index (χ0) is 16.1. The van der Waals surface area contributed by atoms with Gasteiger partial charge in [0.15, 0.2) is 0 Å². The Morgan fingerprint density at radius 1 is 0.773 bits per heavy atom. The topological polar surface area (TPSA) is 38.7 Å². The highest BCUT2D eigenvalue weighted by Gasteiger charge is 2.13. The Bertz CT molecular complexity index is 557. The summed E-state index contributed by atoms with van der Waals surface area (Å²) < 4.78 is 11.0. The lowest BCUT2D eigenvalue weighted by atomic mass is 10.0. The van der Waals surface area contributed by atoms with Crippen molar-refractivity contribution in [2.24, 2.45) is 0 Å². The average Bonchev–Trinajstić information content (AvgIpc) is 2.47. The van der Waals surface area contributed by atoms with Crippen molar-refractivity contribution >= 4 is 8.60 Å². The highest BCUT2D eigenvalue weighted by atomic mass is 31.2. The van der Waals surface area contributed by atoms with Gasteiger partial charge in [0.05, 0.1) is 0 Å². The fourth-order valence-electron chi connectivity index (χ4n) is 2.06. The maximum Gasteiger partial charge on any atom is 0.460 e. The summed E-state index contributed by atoms with van der Waals surface area (Å²) in [7, 11) is -2.00. The molecule has 2 aromatic carbocycles. The molecule has 0 aromatic heterocycles. The summed E-state index contributed by atoms with van der Waals surface area (Å²) in [5.74, 6) is 2.08. The summed E-state index contributed by atoms with van der Waals surface area (Å²) in [6.07, 6.45) is 0. The molecule has 3 nitrogen and oxygen atoms in total. The third-order valence-electron chi connectivity index (χ3n) is 3.42. The third-order valence-corrected chi connectivity index (χ3v) is 4.15. The van der Waals surface area contributed by atoms with Crippen LogP contribution >= 0.6 is 8.60 Å². The van der Waals surface area contributed by atoms with Crippen molar-refractivity contribution in [3.05, 3.63) is 59.7 Å². The van der Waals surface area contributed by atoms with Crippen molar-refractivity contribution in [1.82, 2.24) is 0 Å². The molecule has 2 aromatic rings. The van der Waals surface area contributed by atoms with E-state index in [9.17, 15) is 4.89 Å². The molecular weight excluding hydrogens is 295 g/mol. The lowest BCUT2D eigenvalue weighted by Gasteiger charge is -2.15. The van der Waals surface area contributed by atoms with Gasteiger partial charge < -0.3 is 13.9 Å². The molecule has 0 spiro atoms. The van der Waals surface area contributed by atoms with E-state index in [1.807, 2.05) is 48.5 Å². The first-order chi connectivity index (χ1) is 10.5. The number of benzene rings is 2. The van der Waals surface area contributed by atoms with Gasteiger partial charge >= 0.3 is 8.60 Å². The van der Waals surface area contributed by atoms with Crippen LogP contribution in [0.4, 0.5) is 0 Å². The van der Waals surface area contributed by atoms with E-state index in [1.165, 1.54) is 11.1 Å². The Hall–Kier alpha value is -1.57. The van der Waals surface area contributed by atoms with Gasteiger partial charge in [0.2, 0.25) is 0 Å². The van der Waals surface area contributed by atoms with Crippen molar-refractivity contribution in [2.45, 2.75) is 39.5 Å². The summed E-state index contributed by atoms with van der Waals surface area (Å²) in [5, 5.41) is 0. The van der Waals surface area contributed by atoms with Crippen LogP contribution in [-0.4, -0.2) is 4.89 Å². The fraction of sp³-hybridized carbons (Fsp3) is 0.333. The van der Waals surface area contributed by atoms with E-state index in [2.05, 4.69) is 27.7 Å². The summed E-state index contributed by atoms with van der Waals surface area (Å²) in [4.78, 5) is 10.0. The molecule has 0 bridgehead atoms. The van der Waals surface area contributed by atoms with E-state index in [0.717, 1.165) is 0 Å². The molecular formula is C18H23O3P. The summed E-state index contributed by atoms with van der Waals surface area (Å²) in [6.45, 7) is 8.48. The van der Waals surface area contributed by atoms with Crippen LogP contribution in [0.5, 0.6) is 11.5 Å². The third kappa shape index (κ3) is 4.72. The van der Waals surface area contributed by atoms with E-state index in [0.29, 0.717) is 23.3 Å². The van der Waals surface area contributed by atoms with Crippen molar-refractivity contribution in [1.29, 1.82) is 0 Å². The number of rotatable bonds is 6. The summed E-state index contributed by atoms with van der Waals surface area (Å²) in [6, 6.07) is 15.5. The maximum atomic E-state index is 10.0. The van der Waals surface area contributed by atoms with Crippen LogP contribution in [0.2, 0.25) is 0 Å². The molecule has 1 N–H and O–H groups in total. The second-order valence-corrected chi connectivity index (χ2v) is 6.72. The van der Waals surface area contributed by atoms with Gasteiger partial charge in [0, 0.05) is 0 Å². The van der Waals surface area contributed by atoms with E-state index in [-0.39, 0.29) is 0 Å². The maximum absolute atomic E-state index is 10.0. The molecule has 0 unspecified atom stereocenters. The van der Waals surface area contributed by atoms with Gasteiger partial charge in [0.25, 0.3) is 0 Å². The molecule has 0 saturated carbocycles. The Balaban J connectivity index is 2.02. The van der Waals surface area contributed by atoms with Gasteiger partial charge in [-0.15, -0.1) is 0 Å². The smallest absolute Gasteiger partial charge is 0.418 e. The second-order valence-electron chi connectivity index (χ2n) is 5.87. The van der Waals surface area contributed by atoms with Crippen LogP contribution in [0.15, 0.2) is 48.5 Å². The van der Waals surface area contributed by atoms with Crippen LogP contribution in [-0.2, 0) is 0 Å². The number of hydrogen-bond acceptors (Lipinski definition) is 3. The van der Waals surface area contributed by atoms with Crippen molar-refractivity contribution < 1.29 is 13.9 Å². The predicted octanol–water partition coefficient (Wildman–Crippen LogP) is 5.61. The van der Waals surface area contributed by atoms with Crippen molar-refractivity contribution in [3.8, 4) is 11.5 Å². The molecule has 0 atom stereocenters. The van der Waals surface area contributed by atoms with Crippen LogP contribution in [0.1, 0.15) is 50.7 Å². The van der Waals surface area contributed by atoms with Gasteiger partial charge in [-0.05, 0) is 47.2 Å². The molecule has 0 aliphatic carbocycles. The average molecular weight is 318 g/mol. The van der Waals surface area contributed by atoms with E-state index in [4.69, 9.17) is 9.05 Å². The van der Waals surface area contributed by atoms with Gasteiger partial charge in [-0.2, -0.15) is 0 Å². The highest BCUT2D eigenvalue weighted by molar-refractivity contribution is 7.41. The molecule has 0 fully saturated rings. The van der Waals surface area contributed by atoms with Gasteiger partial charge in [-0.25, -0.2) is 0 Å². The van der Waals surface area contributed by atoms with Crippen LogP contribution in [0.3, 0.4) is 0 Å². The SMILES string of the molecule is CC(C)c1cccc(OP(O)Oc2cccc(C(C)C)c2)c1. The normalized spacial score (nSPS) is 11.3. The first-order valence-corrected chi connectivity index (χ1v) is 8.63. The zero-order valence-corrected chi connectivity index (χ0v) is 14.4. The molecule has 2 rings (SSSR count). The van der Waals surface area contributed by atoms with E-state index >= 15 is 0 Å². The van der Waals surface area contributed by atoms with Gasteiger partial charge in [-0.1, -0.05) is 52.0 Å². The molecule has 0 aliphatic rings. The molecule has 0 aliphatic heterocycles. The summed E-state index contributed by atoms with van der Waals surface area (Å²) >= 11 is 0. The minimum atomic E-state index is -2.00. The molecule has 118 valence electrons. The Morgan fingerprint density at radius 3 is 1.55 bits per heavy atom. The first kappa shape index (κ1) is 16.8. The van der Waals surface area contributed by atoms with Crippen LogP contribution in [0, 0.1) is 0 Å². The second kappa shape index (κ2) is 7.62. The fourth-order valence-corrected chi connectivity index (χ4v) is 2.68. The van der Waals surface area contributed by atoms with E-state index in [1.54, 1.807) is 0 Å². The standard InChI is InChI=1S/C18H23O3P/c1-13(2)15-7-5-9-17(11-15)20-22(19)21-18-10-6-8-16(12-18)14(3)4/h5-14,19H,1-4H3. The molecule has 22 heavy (non-hydrogen) atoms. The lowest BCUT2D eigenvalue weighted by molar-refractivity contribution is 0.381.